The number of ether oxygens (including phenoxy) is 1. The molecule has 2 aromatic rings. The molecule has 1 aromatic heterocycles. The highest BCUT2D eigenvalue weighted by molar-refractivity contribution is 8.01. The summed E-state index contributed by atoms with van der Waals surface area (Å²) in [5.74, 6) is 0.782. The van der Waals surface area contributed by atoms with Crippen LogP contribution >= 0.6 is 23.1 Å². The number of nitrogens with one attached hydrogen (secondary N) is 2. The number of hydrogen-bond acceptors (Lipinski definition) is 6. The standard InChI is InChI=1S/C17H19N3O2S2/c1-22-11-3-5-12(6-4-11)23-15-9-18-17(24-15)16(21)20-14-8-10-2-7-13(14)19-10/h3-6,9-10,13-14,19H,2,7-8H2,1H3,(H,20,21). The maximum absolute atomic E-state index is 12.4. The fourth-order valence-electron chi connectivity index (χ4n) is 3.39. The lowest BCUT2D eigenvalue weighted by Crippen LogP contribution is -2.42. The number of aromatic nitrogens is 1. The van der Waals surface area contributed by atoms with Crippen LogP contribution in [0.5, 0.6) is 5.75 Å². The van der Waals surface area contributed by atoms with Gasteiger partial charge < -0.3 is 15.4 Å². The van der Waals surface area contributed by atoms with E-state index in [1.165, 1.54) is 17.8 Å². The number of fused-ring (bicyclic) bond motifs is 2. The third kappa shape index (κ3) is 3.29. The Labute approximate surface area is 149 Å². The molecule has 5 nitrogen and oxygen atoms in total. The third-order valence-corrected chi connectivity index (χ3v) is 6.68. The van der Waals surface area contributed by atoms with Gasteiger partial charge in [0.05, 0.1) is 17.5 Å². The van der Waals surface area contributed by atoms with Crippen molar-refractivity contribution in [3.05, 3.63) is 35.5 Å². The van der Waals surface area contributed by atoms with Gasteiger partial charge in [0.25, 0.3) is 5.91 Å². The van der Waals surface area contributed by atoms with Crippen LogP contribution < -0.4 is 15.4 Å². The van der Waals surface area contributed by atoms with E-state index in [9.17, 15) is 4.79 Å². The lowest BCUT2D eigenvalue weighted by Gasteiger charge is -2.20. The normalized spacial score (nSPS) is 25.0. The van der Waals surface area contributed by atoms with E-state index in [0.29, 0.717) is 17.1 Å². The molecule has 2 bridgehead atoms. The topological polar surface area (TPSA) is 63.2 Å². The van der Waals surface area contributed by atoms with Gasteiger partial charge in [0.1, 0.15) is 5.75 Å². The molecule has 4 rings (SSSR count). The SMILES string of the molecule is COc1ccc(Sc2cnc(C(=O)NC3CC4CCC3N4)s2)cc1. The van der Waals surface area contributed by atoms with E-state index < -0.39 is 0 Å². The van der Waals surface area contributed by atoms with Crippen molar-refractivity contribution < 1.29 is 9.53 Å². The molecule has 3 heterocycles. The summed E-state index contributed by atoms with van der Waals surface area (Å²) in [6.07, 6.45) is 5.20. The van der Waals surface area contributed by atoms with Gasteiger partial charge in [-0.1, -0.05) is 11.8 Å². The lowest BCUT2D eigenvalue weighted by atomic mass is 9.95. The minimum Gasteiger partial charge on any atom is -0.497 e. The van der Waals surface area contributed by atoms with Crippen LogP contribution in [0.1, 0.15) is 29.1 Å². The first kappa shape index (κ1) is 15.9. The quantitative estimate of drug-likeness (QED) is 0.857. The number of benzene rings is 1. The van der Waals surface area contributed by atoms with Crippen LogP contribution in [0.4, 0.5) is 0 Å². The van der Waals surface area contributed by atoms with E-state index in [1.807, 2.05) is 24.3 Å². The van der Waals surface area contributed by atoms with Crippen LogP contribution in [0.2, 0.25) is 0 Å². The summed E-state index contributed by atoms with van der Waals surface area (Å²) in [4.78, 5) is 17.8. The molecule has 3 atom stereocenters. The Hall–Kier alpha value is -1.57. The van der Waals surface area contributed by atoms with Gasteiger partial charge in [-0.3, -0.25) is 4.79 Å². The third-order valence-electron chi connectivity index (χ3n) is 4.57. The van der Waals surface area contributed by atoms with Gasteiger partial charge in [-0.05, 0) is 43.5 Å². The minimum atomic E-state index is -0.0547. The fourth-order valence-corrected chi connectivity index (χ4v) is 5.24. The number of methoxy groups -OCH3 is 1. The summed E-state index contributed by atoms with van der Waals surface area (Å²) >= 11 is 3.05. The molecule has 1 amide bonds. The van der Waals surface area contributed by atoms with Crippen molar-refractivity contribution in [3.8, 4) is 5.75 Å². The van der Waals surface area contributed by atoms with Crippen molar-refractivity contribution >= 4 is 29.0 Å². The first-order chi connectivity index (χ1) is 11.7. The molecule has 3 unspecified atom stereocenters. The Morgan fingerprint density at radius 2 is 2.21 bits per heavy atom. The van der Waals surface area contributed by atoms with Crippen LogP contribution in [0.15, 0.2) is 39.6 Å². The monoisotopic (exact) mass is 361 g/mol. The van der Waals surface area contributed by atoms with Crippen LogP contribution in [0.25, 0.3) is 0 Å². The molecule has 2 N–H and O–H groups in total. The summed E-state index contributed by atoms with van der Waals surface area (Å²) in [6, 6.07) is 9.13. The van der Waals surface area contributed by atoms with Gasteiger partial charge in [0, 0.05) is 23.0 Å². The first-order valence-electron chi connectivity index (χ1n) is 8.06. The summed E-state index contributed by atoms with van der Waals surface area (Å²) in [6.45, 7) is 0. The molecule has 0 saturated carbocycles. The molecule has 1 aromatic carbocycles. The second-order valence-corrected chi connectivity index (χ2v) is 8.53. The lowest BCUT2D eigenvalue weighted by molar-refractivity contribution is 0.0930. The maximum Gasteiger partial charge on any atom is 0.280 e. The van der Waals surface area contributed by atoms with Crippen molar-refractivity contribution in [2.75, 3.05) is 7.11 Å². The predicted octanol–water partition coefficient (Wildman–Crippen LogP) is 2.93. The second kappa shape index (κ2) is 6.74. The molecule has 0 spiro atoms. The average molecular weight is 361 g/mol. The van der Waals surface area contributed by atoms with E-state index in [0.717, 1.165) is 27.7 Å². The van der Waals surface area contributed by atoms with Crippen molar-refractivity contribution in [2.24, 2.45) is 0 Å². The van der Waals surface area contributed by atoms with Gasteiger partial charge in [-0.25, -0.2) is 4.98 Å². The van der Waals surface area contributed by atoms with Gasteiger partial charge >= 0.3 is 0 Å². The number of hydrogen-bond donors (Lipinski definition) is 2. The van der Waals surface area contributed by atoms with Crippen molar-refractivity contribution in [1.29, 1.82) is 0 Å². The second-order valence-electron chi connectivity index (χ2n) is 6.13. The number of amides is 1. The number of carbonyl (C=O) groups excluding carboxylic acids is 1. The predicted molar refractivity (Wildman–Crippen MR) is 95.0 cm³/mol. The Kier molecular flexibility index (Phi) is 4.47. The van der Waals surface area contributed by atoms with Crippen LogP contribution in [0.3, 0.4) is 0 Å². The Morgan fingerprint density at radius 3 is 2.88 bits per heavy atom. The van der Waals surface area contributed by atoms with E-state index in [1.54, 1.807) is 25.1 Å². The summed E-state index contributed by atoms with van der Waals surface area (Å²) < 4.78 is 6.17. The molecular formula is C17H19N3O2S2. The number of thiazole rings is 1. The molecule has 24 heavy (non-hydrogen) atoms. The fraction of sp³-hybridized carbons (Fsp3) is 0.412. The van der Waals surface area contributed by atoms with Gasteiger partial charge in [0.15, 0.2) is 5.01 Å². The smallest absolute Gasteiger partial charge is 0.280 e. The molecule has 2 aliphatic rings. The van der Waals surface area contributed by atoms with Crippen molar-refractivity contribution in [3.63, 3.8) is 0 Å². The van der Waals surface area contributed by atoms with Crippen molar-refractivity contribution in [2.45, 2.75) is 46.5 Å². The highest BCUT2D eigenvalue weighted by Crippen LogP contribution is 2.33. The highest BCUT2D eigenvalue weighted by atomic mass is 32.2. The summed E-state index contributed by atoms with van der Waals surface area (Å²) in [7, 11) is 1.65. The molecule has 0 aliphatic carbocycles. The largest absolute Gasteiger partial charge is 0.497 e. The maximum atomic E-state index is 12.4. The van der Waals surface area contributed by atoms with Crippen LogP contribution in [-0.2, 0) is 0 Å². The molecule has 126 valence electrons. The zero-order valence-electron chi connectivity index (χ0n) is 13.3. The van der Waals surface area contributed by atoms with Crippen LogP contribution in [0, 0.1) is 0 Å². The van der Waals surface area contributed by atoms with E-state index >= 15 is 0 Å². The summed E-state index contributed by atoms with van der Waals surface area (Å²) in [5.41, 5.74) is 0. The Balaban J connectivity index is 1.37. The Bertz CT molecular complexity index is 732. The molecule has 2 aliphatic heterocycles. The van der Waals surface area contributed by atoms with Crippen molar-refractivity contribution in [1.82, 2.24) is 15.6 Å². The highest BCUT2D eigenvalue weighted by Gasteiger charge is 2.39. The number of nitrogens with zero attached hydrogens (tertiary/aromatic N) is 1. The van der Waals surface area contributed by atoms with E-state index in [4.69, 9.17) is 4.74 Å². The molecule has 7 heteroatoms. The zero-order chi connectivity index (χ0) is 16.5. The minimum absolute atomic E-state index is 0.0547. The first-order valence-corrected chi connectivity index (χ1v) is 9.69. The molecular weight excluding hydrogens is 342 g/mol. The average Bonchev–Trinajstić information content (AvgIpc) is 3.32. The molecule has 2 saturated heterocycles. The van der Waals surface area contributed by atoms with Crippen LogP contribution in [-0.4, -0.2) is 36.1 Å². The van der Waals surface area contributed by atoms with Gasteiger partial charge in [-0.2, -0.15) is 0 Å². The number of rotatable bonds is 5. The Morgan fingerprint density at radius 1 is 1.38 bits per heavy atom. The molecule has 0 radical (unpaired) electrons. The van der Waals surface area contributed by atoms with E-state index in [2.05, 4.69) is 15.6 Å². The number of carbonyl (C=O) groups is 1. The van der Waals surface area contributed by atoms with E-state index in [-0.39, 0.29) is 11.9 Å². The molecule has 2 fully saturated rings. The van der Waals surface area contributed by atoms with Gasteiger partial charge in [-0.15, -0.1) is 11.3 Å². The van der Waals surface area contributed by atoms with Gasteiger partial charge in [0.2, 0.25) is 0 Å². The zero-order valence-corrected chi connectivity index (χ0v) is 15.0. The summed E-state index contributed by atoms with van der Waals surface area (Å²) in [5, 5.41) is 7.21.